The Morgan fingerprint density at radius 3 is 2.37 bits per heavy atom. The average molecular weight is 282 g/mol. The number of nitrogens with one attached hydrogen (secondary N) is 1. The third-order valence-corrected chi connectivity index (χ3v) is 3.85. The van der Waals surface area contributed by atoms with Crippen molar-refractivity contribution in [2.24, 2.45) is 0 Å². The molecule has 104 valence electrons. The monoisotopic (exact) mass is 281 g/mol. The van der Waals surface area contributed by atoms with Gasteiger partial charge in [-0.1, -0.05) is 23.7 Å². The van der Waals surface area contributed by atoms with Gasteiger partial charge in [0.1, 0.15) is 0 Å². The van der Waals surface area contributed by atoms with Crippen LogP contribution in [-0.2, 0) is 14.9 Å². The van der Waals surface area contributed by atoms with E-state index in [9.17, 15) is 4.79 Å². The molecule has 1 saturated heterocycles. The molecule has 0 unspecified atom stereocenters. The van der Waals surface area contributed by atoms with Crippen molar-refractivity contribution in [2.45, 2.75) is 38.1 Å². The molecule has 2 rings (SSSR count). The summed E-state index contributed by atoms with van der Waals surface area (Å²) in [5, 5.41) is 3.73. The molecule has 1 amide bonds. The number of halogens is 1. The molecule has 1 aliphatic heterocycles. The molecule has 1 fully saturated rings. The van der Waals surface area contributed by atoms with Gasteiger partial charge in [0.15, 0.2) is 0 Å². The van der Waals surface area contributed by atoms with Gasteiger partial charge in [-0.15, -0.1) is 0 Å². The van der Waals surface area contributed by atoms with Crippen molar-refractivity contribution >= 4 is 17.5 Å². The quantitative estimate of drug-likeness (QED) is 0.925. The summed E-state index contributed by atoms with van der Waals surface area (Å²) in [4.78, 5) is 12.6. The standard InChI is InChI=1S/C15H20ClNO2/c1-11(2)17-14(18)15(7-9-19-10-8-15)12-3-5-13(16)6-4-12/h3-6,11H,7-10H2,1-2H3,(H,17,18). The third-order valence-electron chi connectivity index (χ3n) is 3.60. The molecule has 0 atom stereocenters. The van der Waals surface area contributed by atoms with Crippen molar-refractivity contribution in [3.63, 3.8) is 0 Å². The highest BCUT2D eigenvalue weighted by Gasteiger charge is 2.41. The van der Waals surface area contributed by atoms with Crippen LogP contribution in [0.2, 0.25) is 5.02 Å². The third kappa shape index (κ3) is 3.10. The summed E-state index contributed by atoms with van der Waals surface area (Å²) in [7, 11) is 0. The van der Waals surface area contributed by atoms with E-state index in [4.69, 9.17) is 16.3 Å². The van der Waals surface area contributed by atoms with E-state index in [1.54, 1.807) is 0 Å². The number of hydrogen-bond donors (Lipinski definition) is 1. The fourth-order valence-corrected chi connectivity index (χ4v) is 2.66. The maximum absolute atomic E-state index is 12.6. The highest BCUT2D eigenvalue weighted by Crippen LogP contribution is 2.35. The van der Waals surface area contributed by atoms with Crippen LogP contribution < -0.4 is 5.32 Å². The van der Waals surface area contributed by atoms with E-state index in [2.05, 4.69) is 5.32 Å². The Bertz CT molecular complexity index is 436. The number of hydrogen-bond acceptors (Lipinski definition) is 2. The predicted octanol–water partition coefficient (Wildman–Crippen LogP) is 2.91. The maximum Gasteiger partial charge on any atom is 0.231 e. The van der Waals surface area contributed by atoms with Crippen molar-refractivity contribution in [1.82, 2.24) is 5.32 Å². The van der Waals surface area contributed by atoms with Crippen molar-refractivity contribution in [1.29, 1.82) is 0 Å². The first-order valence-corrected chi connectivity index (χ1v) is 7.07. The van der Waals surface area contributed by atoms with E-state index in [1.165, 1.54) is 0 Å². The van der Waals surface area contributed by atoms with E-state index in [0.717, 1.165) is 5.56 Å². The molecule has 1 N–H and O–H groups in total. The van der Waals surface area contributed by atoms with Crippen molar-refractivity contribution < 1.29 is 9.53 Å². The summed E-state index contributed by atoms with van der Waals surface area (Å²) in [5.41, 5.74) is 0.547. The molecule has 19 heavy (non-hydrogen) atoms. The lowest BCUT2D eigenvalue weighted by Crippen LogP contribution is -2.49. The van der Waals surface area contributed by atoms with E-state index >= 15 is 0 Å². The highest BCUT2D eigenvalue weighted by atomic mass is 35.5. The molecule has 1 heterocycles. The minimum absolute atomic E-state index is 0.0909. The molecule has 0 spiro atoms. The van der Waals surface area contributed by atoms with Gasteiger partial charge in [-0.05, 0) is 44.4 Å². The van der Waals surface area contributed by atoms with Gasteiger partial charge in [0, 0.05) is 24.3 Å². The zero-order valence-electron chi connectivity index (χ0n) is 11.4. The number of rotatable bonds is 3. The lowest BCUT2D eigenvalue weighted by atomic mass is 9.73. The van der Waals surface area contributed by atoms with Crippen LogP contribution in [0.15, 0.2) is 24.3 Å². The predicted molar refractivity (Wildman–Crippen MR) is 76.5 cm³/mol. The molecule has 1 aliphatic rings. The van der Waals surface area contributed by atoms with Crippen LogP contribution >= 0.6 is 11.6 Å². The minimum Gasteiger partial charge on any atom is -0.381 e. The second-order valence-electron chi connectivity index (χ2n) is 5.33. The van der Waals surface area contributed by atoms with Crippen molar-refractivity contribution in [2.75, 3.05) is 13.2 Å². The molecule has 0 radical (unpaired) electrons. The van der Waals surface area contributed by atoms with Gasteiger partial charge in [-0.3, -0.25) is 4.79 Å². The largest absolute Gasteiger partial charge is 0.381 e. The Hall–Kier alpha value is -1.06. The Kier molecular flexibility index (Phi) is 4.48. The van der Waals surface area contributed by atoms with Gasteiger partial charge in [-0.25, -0.2) is 0 Å². The van der Waals surface area contributed by atoms with Gasteiger partial charge >= 0.3 is 0 Å². The molecular weight excluding hydrogens is 262 g/mol. The molecule has 1 aromatic rings. The summed E-state index contributed by atoms with van der Waals surface area (Å²) in [6, 6.07) is 7.73. The van der Waals surface area contributed by atoms with Crippen LogP contribution in [0.5, 0.6) is 0 Å². The van der Waals surface area contributed by atoms with Gasteiger partial charge in [-0.2, -0.15) is 0 Å². The van der Waals surface area contributed by atoms with E-state index < -0.39 is 5.41 Å². The summed E-state index contributed by atoms with van der Waals surface area (Å²) in [6.45, 7) is 5.20. The fourth-order valence-electron chi connectivity index (χ4n) is 2.54. The van der Waals surface area contributed by atoms with E-state index in [-0.39, 0.29) is 11.9 Å². The van der Waals surface area contributed by atoms with Gasteiger partial charge in [0.05, 0.1) is 5.41 Å². The summed E-state index contributed by atoms with van der Waals surface area (Å²) in [6.07, 6.45) is 1.43. The molecule has 3 nitrogen and oxygen atoms in total. The number of carbonyl (C=O) groups excluding carboxylic acids is 1. The Morgan fingerprint density at radius 2 is 1.84 bits per heavy atom. The SMILES string of the molecule is CC(C)NC(=O)C1(c2ccc(Cl)cc2)CCOCC1. The molecule has 0 aliphatic carbocycles. The summed E-state index contributed by atoms with van der Waals surface area (Å²) in [5.74, 6) is 0.0909. The number of benzene rings is 1. The summed E-state index contributed by atoms with van der Waals surface area (Å²) >= 11 is 5.93. The normalized spacial score (nSPS) is 18.3. The molecule has 4 heteroatoms. The topological polar surface area (TPSA) is 38.3 Å². The van der Waals surface area contributed by atoms with E-state index in [1.807, 2.05) is 38.1 Å². The van der Waals surface area contributed by atoms with Crippen molar-refractivity contribution in [3.05, 3.63) is 34.9 Å². The first kappa shape index (κ1) is 14.4. The molecular formula is C15H20ClNO2. The van der Waals surface area contributed by atoms with Gasteiger partial charge in [0.25, 0.3) is 0 Å². The van der Waals surface area contributed by atoms with Crippen LogP contribution in [0.3, 0.4) is 0 Å². The van der Waals surface area contributed by atoms with E-state index in [0.29, 0.717) is 31.1 Å². The fraction of sp³-hybridized carbons (Fsp3) is 0.533. The number of amides is 1. The first-order chi connectivity index (χ1) is 9.04. The molecule has 0 aromatic heterocycles. The maximum atomic E-state index is 12.6. The molecule has 1 aromatic carbocycles. The van der Waals surface area contributed by atoms with Crippen LogP contribution in [0, 0.1) is 0 Å². The smallest absolute Gasteiger partial charge is 0.231 e. The zero-order valence-corrected chi connectivity index (χ0v) is 12.2. The van der Waals surface area contributed by atoms with Crippen LogP contribution in [-0.4, -0.2) is 25.2 Å². The van der Waals surface area contributed by atoms with Crippen LogP contribution in [0.1, 0.15) is 32.3 Å². The van der Waals surface area contributed by atoms with Gasteiger partial charge < -0.3 is 10.1 Å². The summed E-state index contributed by atoms with van der Waals surface area (Å²) < 4.78 is 5.42. The van der Waals surface area contributed by atoms with Crippen molar-refractivity contribution in [3.8, 4) is 0 Å². The van der Waals surface area contributed by atoms with Crippen LogP contribution in [0.4, 0.5) is 0 Å². The second-order valence-corrected chi connectivity index (χ2v) is 5.77. The second kappa shape index (κ2) is 5.93. The first-order valence-electron chi connectivity index (χ1n) is 6.69. The molecule has 0 saturated carbocycles. The number of ether oxygens (including phenoxy) is 1. The Labute approximate surface area is 119 Å². The molecule has 0 bridgehead atoms. The Morgan fingerprint density at radius 1 is 1.26 bits per heavy atom. The van der Waals surface area contributed by atoms with Crippen LogP contribution in [0.25, 0.3) is 0 Å². The van der Waals surface area contributed by atoms with Gasteiger partial charge in [0.2, 0.25) is 5.91 Å². The highest BCUT2D eigenvalue weighted by molar-refractivity contribution is 6.30. The Balaban J connectivity index is 2.33. The minimum atomic E-state index is -0.479. The average Bonchev–Trinajstić information content (AvgIpc) is 2.39. The lowest BCUT2D eigenvalue weighted by molar-refractivity contribution is -0.131. The lowest BCUT2D eigenvalue weighted by Gasteiger charge is -2.36. The number of carbonyl (C=O) groups is 1. The zero-order chi connectivity index (χ0) is 13.9.